The fourth-order valence-electron chi connectivity index (χ4n) is 5.14. The molecule has 0 aliphatic carbocycles. The summed E-state index contributed by atoms with van der Waals surface area (Å²) in [5, 5.41) is 17.0. The Morgan fingerprint density at radius 1 is 1.09 bits per heavy atom. The van der Waals surface area contributed by atoms with Crippen molar-refractivity contribution in [3.05, 3.63) is 60.3 Å². The Morgan fingerprint density at radius 3 is 2.34 bits per heavy atom. The van der Waals surface area contributed by atoms with Crippen molar-refractivity contribution in [1.82, 2.24) is 29.9 Å². The number of H-pyrrole nitrogens is 1. The van der Waals surface area contributed by atoms with Gasteiger partial charge in [-0.15, -0.1) is 0 Å². The quantitative estimate of drug-likeness (QED) is 0.363. The molecule has 1 aliphatic rings. The number of rotatable bonds is 3. The molecule has 0 saturated carbocycles. The molecule has 35 heavy (non-hydrogen) atoms. The number of fused-ring (bicyclic) bond motifs is 1. The molecular formula is C25H28F2N6O2. The maximum Gasteiger partial charge on any atom is 0.290 e. The van der Waals surface area contributed by atoms with E-state index >= 15 is 0 Å². The molecule has 5 rings (SSSR count). The van der Waals surface area contributed by atoms with Crippen LogP contribution in [0.2, 0.25) is 0 Å². The minimum Gasteiger partial charge on any atom is -0.483 e. The number of piperidine rings is 1. The van der Waals surface area contributed by atoms with Crippen LogP contribution in [0.25, 0.3) is 28.2 Å². The Labute approximate surface area is 201 Å². The summed E-state index contributed by atoms with van der Waals surface area (Å²) in [5.41, 5.74) is 2.06. The van der Waals surface area contributed by atoms with E-state index in [9.17, 15) is 8.78 Å². The van der Waals surface area contributed by atoms with Gasteiger partial charge < -0.3 is 10.4 Å². The predicted molar refractivity (Wildman–Crippen MR) is 128 cm³/mol. The zero-order chi connectivity index (χ0) is 25.4. The van der Waals surface area contributed by atoms with Crippen molar-refractivity contribution in [3.8, 4) is 22.4 Å². The Hall–Kier alpha value is -3.66. The van der Waals surface area contributed by atoms with Gasteiger partial charge in [0.05, 0.1) is 11.9 Å². The van der Waals surface area contributed by atoms with Crippen molar-refractivity contribution in [1.29, 1.82) is 0 Å². The fraction of sp³-hybridized carbons (Fsp3) is 0.360. The first-order valence-corrected chi connectivity index (χ1v) is 11.2. The molecule has 3 N–H and O–H groups in total. The molecule has 3 aromatic heterocycles. The first-order chi connectivity index (χ1) is 16.5. The van der Waals surface area contributed by atoms with E-state index in [0.717, 1.165) is 18.5 Å². The standard InChI is InChI=1S/C24H26F2N6.CH2O2/c1-23(2)9-14(10-24(3,4)31-23)20-5-6-32-13-21(30-22(32)29-20)17-8-18(25)16(7-19(17)26)15-11-27-28-12-15;2-1-3/h5-8,11-14,31H,9-10H2,1-4H3,(H,27,28);1H,(H,2,3). The lowest BCUT2D eigenvalue weighted by atomic mass is 9.74. The van der Waals surface area contributed by atoms with Gasteiger partial charge in [-0.1, -0.05) is 0 Å². The number of nitrogens with zero attached hydrogens (tertiary/aromatic N) is 4. The second-order valence-electron chi connectivity index (χ2n) is 10.1. The highest BCUT2D eigenvalue weighted by atomic mass is 19.1. The second-order valence-corrected chi connectivity index (χ2v) is 10.1. The van der Waals surface area contributed by atoms with E-state index in [1.165, 1.54) is 24.5 Å². The topological polar surface area (TPSA) is 108 Å². The summed E-state index contributed by atoms with van der Waals surface area (Å²) in [6, 6.07) is 4.36. The van der Waals surface area contributed by atoms with Gasteiger partial charge >= 0.3 is 0 Å². The van der Waals surface area contributed by atoms with Crippen molar-refractivity contribution in [3.63, 3.8) is 0 Å². The van der Waals surface area contributed by atoms with Gasteiger partial charge in [0.1, 0.15) is 11.6 Å². The normalized spacial score (nSPS) is 17.1. The molecular weight excluding hydrogens is 454 g/mol. The molecule has 1 aromatic carbocycles. The van der Waals surface area contributed by atoms with Crippen LogP contribution in [0.3, 0.4) is 0 Å². The first kappa shape index (κ1) is 24.5. The molecule has 4 aromatic rings. The molecule has 0 amide bonds. The van der Waals surface area contributed by atoms with Gasteiger partial charge in [0.2, 0.25) is 5.78 Å². The van der Waals surface area contributed by atoms with Gasteiger partial charge in [-0.3, -0.25) is 14.3 Å². The molecule has 4 heterocycles. The summed E-state index contributed by atoms with van der Waals surface area (Å²) in [6.07, 6.45) is 8.47. The van der Waals surface area contributed by atoms with Crippen molar-refractivity contribution >= 4 is 12.2 Å². The van der Waals surface area contributed by atoms with E-state index in [4.69, 9.17) is 14.9 Å². The Morgan fingerprint density at radius 2 is 1.71 bits per heavy atom. The van der Waals surface area contributed by atoms with E-state index in [0.29, 0.717) is 17.0 Å². The number of hydrogen-bond acceptors (Lipinski definition) is 5. The van der Waals surface area contributed by atoms with E-state index < -0.39 is 11.6 Å². The van der Waals surface area contributed by atoms with Crippen LogP contribution in [0.1, 0.15) is 52.1 Å². The Kier molecular flexibility index (Phi) is 6.42. The van der Waals surface area contributed by atoms with E-state index in [1.54, 1.807) is 10.6 Å². The Bertz CT molecular complexity index is 1330. The van der Waals surface area contributed by atoms with Crippen LogP contribution >= 0.6 is 0 Å². The number of aromatic amines is 1. The molecule has 1 fully saturated rings. The maximum absolute atomic E-state index is 14.9. The molecule has 1 aliphatic heterocycles. The zero-order valence-corrected chi connectivity index (χ0v) is 20.0. The Balaban J connectivity index is 0.000000917. The van der Waals surface area contributed by atoms with Gasteiger partial charge in [0.15, 0.2) is 0 Å². The summed E-state index contributed by atoms with van der Waals surface area (Å²) >= 11 is 0. The lowest BCUT2D eigenvalue weighted by Gasteiger charge is -2.46. The van der Waals surface area contributed by atoms with Crippen LogP contribution in [-0.2, 0) is 4.79 Å². The first-order valence-electron chi connectivity index (χ1n) is 11.2. The monoisotopic (exact) mass is 482 g/mol. The molecule has 0 atom stereocenters. The predicted octanol–water partition coefficient (Wildman–Crippen LogP) is 4.79. The van der Waals surface area contributed by atoms with E-state index in [2.05, 4.69) is 48.2 Å². The molecule has 0 bridgehead atoms. The number of carbonyl (C=O) groups is 1. The van der Waals surface area contributed by atoms with E-state index in [-0.39, 0.29) is 34.6 Å². The molecule has 0 radical (unpaired) electrons. The molecule has 10 heteroatoms. The average Bonchev–Trinajstić information content (AvgIpc) is 3.42. The number of halogens is 2. The summed E-state index contributed by atoms with van der Waals surface area (Å²) in [6.45, 7) is 8.57. The SMILES string of the molecule is CC1(C)CC(c2ccn3cc(-c4cc(F)c(-c5cn[nH]c5)cc4F)nc3n2)CC(C)(C)N1.O=CO. The van der Waals surface area contributed by atoms with Crippen LogP contribution in [0.4, 0.5) is 8.78 Å². The lowest BCUT2D eigenvalue weighted by Crippen LogP contribution is -2.57. The molecule has 0 spiro atoms. The zero-order valence-electron chi connectivity index (χ0n) is 20.0. The summed E-state index contributed by atoms with van der Waals surface area (Å²) < 4.78 is 31.4. The minimum absolute atomic E-state index is 0.00179. The second kappa shape index (κ2) is 9.18. The van der Waals surface area contributed by atoms with Crippen molar-refractivity contribution < 1.29 is 18.7 Å². The molecule has 0 unspecified atom stereocenters. The van der Waals surface area contributed by atoms with Crippen LogP contribution in [-0.4, -0.2) is 47.2 Å². The van der Waals surface area contributed by atoms with Crippen molar-refractivity contribution in [2.45, 2.75) is 57.5 Å². The van der Waals surface area contributed by atoms with Crippen LogP contribution in [0.15, 0.2) is 43.0 Å². The lowest BCUT2D eigenvalue weighted by molar-refractivity contribution is -0.122. The number of aromatic nitrogens is 5. The highest BCUT2D eigenvalue weighted by Gasteiger charge is 2.38. The third-order valence-corrected chi connectivity index (χ3v) is 6.10. The molecule has 184 valence electrons. The smallest absolute Gasteiger partial charge is 0.290 e. The van der Waals surface area contributed by atoms with Crippen LogP contribution in [0, 0.1) is 11.6 Å². The number of nitrogens with one attached hydrogen (secondary N) is 2. The number of hydrogen-bond donors (Lipinski definition) is 3. The summed E-state index contributed by atoms with van der Waals surface area (Å²) in [4.78, 5) is 17.7. The van der Waals surface area contributed by atoms with Gasteiger partial charge in [0, 0.05) is 58.0 Å². The van der Waals surface area contributed by atoms with Crippen LogP contribution in [0.5, 0.6) is 0 Å². The van der Waals surface area contributed by atoms with Gasteiger partial charge in [-0.05, 0) is 58.7 Å². The molecule has 1 saturated heterocycles. The number of benzene rings is 1. The van der Waals surface area contributed by atoms with Gasteiger partial charge in [-0.2, -0.15) is 5.10 Å². The van der Waals surface area contributed by atoms with Gasteiger partial charge in [-0.25, -0.2) is 18.7 Å². The van der Waals surface area contributed by atoms with Crippen LogP contribution < -0.4 is 5.32 Å². The van der Waals surface area contributed by atoms with E-state index in [1.807, 2.05) is 12.3 Å². The third kappa shape index (κ3) is 5.22. The number of imidazole rings is 1. The highest BCUT2D eigenvalue weighted by molar-refractivity contribution is 5.70. The summed E-state index contributed by atoms with van der Waals surface area (Å²) in [7, 11) is 0. The van der Waals surface area contributed by atoms with Crippen molar-refractivity contribution in [2.24, 2.45) is 0 Å². The van der Waals surface area contributed by atoms with Gasteiger partial charge in [0.25, 0.3) is 6.47 Å². The largest absolute Gasteiger partial charge is 0.483 e. The average molecular weight is 483 g/mol. The highest BCUT2D eigenvalue weighted by Crippen LogP contribution is 2.38. The minimum atomic E-state index is -0.548. The third-order valence-electron chi connectivity index (χ3n) is 6.10. The van der Waals surface area contributed by atoms with Crippen molar-refractivity contribution in [2.75, 3.05) is 0 Å². The summed E-state index contributed by atoms with van der Waals surface area (Å²) in [5.74, 6) is -0.319. The maximum atomic E-state index is 14.9. The fourth-order valence-corrected chi connectivity index (χ4v) is 5.14. The number of carboxylic acid groups (broad SMARTS) is 1. The molecule has 8 nitrogen and oxygen atoms in total.